The zero-order chi connectivity index (χ0) is 11.8. The summed E-state index contributed by atoms with van der Waals surface area (Å²) in [6.07, 6.45) is 0.451. The molecule has 5 heteroatoms. The van der Waals surface area contributed by atoms with Gasteiger partial charge in [-0.05, 0) is 25.0 Å². The smallest absolute Gasteiger partial charge is 0.182 e. The Morgan fingerprint density at radius 2 is 2.25 bits per heavy atom. The number of rotatable bonds is 2. The van der Waals surface area contributed by atoms with E-state index in [0.29, 0.717) is 17.0 Å². The van der Waals surface area contributed by atoms with Crippen LogP contribution in [-0.2, 0) is 9.84 Å². The Kier molecular flexibility index (Phi) is 2.90. The summed E-state index contributed by atoms with van der Waals surface area (Å²) >= 11 is 0. The van der Waals surface area contributed by atoms with E-state index in [9.17, 15) is 8.42 Å². The van der Waals surface area contributed by atoms with E-state index < -0.39 is 9.84 Å². The summed E-state index contributed by atoms with van der Waals surface area (Å²) in [5.74, 6) is 0.0595. The lowest BCUT2D eigenvalue weighted by molar-refractivity contribution is 0.282. The van der Waals surface area contributed by atoms with Crippen LogP contribution in [0.15, 0.2) is 23.1 Å². The van der Waals surface area contributed by atoms with Gasteiger partial charge in [-0.1, -0.05) is 12.1 Å². The molecule has 2 rings (SSSR count). The maximum Gasteiger partial charge on any atom is 0.182 e. The Bertz CT molecular complexity index is 496. The molecular formula is C11H15NO3S. The number of aryl methyl sites for hydroxylation is 1. The van der Waals surface area contributed by atoms with Gasteiger partial charge in [0.1, 0.15) is 0 Å². The Labute approximate surface area is 95.2 Å². The van der Waals surface area contributed by atoms with E-state index in [1.54, 1.807) is 12.1 Å². The third-order valence-electron chi connectivity index (χ3n) is 2.82. The molecule has 1 unspecified atom stereocenters. The second kappa shape index (κ2) is 4.07. The first-order valence-electron chi connectivity index (χ1n) is 5.24. The largest absolute Gasteiger partial charge is 0.396 e. The SMILES string of the molecule is Cc1cccc2c1NC(CCO)CS2(=O)=O. The quantitative estimate of drug-likeness (QED) is 0.809. The molecule has 0 aromatic heterocycles. The van der Waals surface area contributed by atoms with Crippen LogP contribution in [-0.4, -0.2) is 31.9 Å². The van der Waals surface area contributed by atoms with Crippen molar-refractivity contribution < 1.29 is 13.5 Å². The molecule has 2 N–H and O–H groups in total. The van der Waals surface area contributed by atoms with Crippen LogP contribution in [0.3, 0.4) is 0 Å². The molecule has 0 saturated carbocycles. The van der Waals surface area contributed by atoms with Gasteiger partial charge in [-0.3, -0.25) is 0 Å². The van der Waals surface area contributed by atoms with Crippen molar-refractivity contribution in [3.63, 3.8) is 0 Å². The summed E-state index contributed by atoms with van der Waals surface area (Å²) in [5, 5.41) is 12.1. The fourth-order valence-electron chi connectivity index (χ4n) is 2.00. The van der Waals surface area contributed by atoms with E-state index in [1.807, 2.05) is 13.0 Å². The first-order valence-corrected chi connectivity index (χ1v) is 6.89. The Hall–Kier alpha value is -1.07. The summed E-state index contributed by atoms with van der Waals surface area (Å²) in [6, 6.07) is 5.06. The number of aliphatic hydroxyl groups is 1. The lowest BCUT2D eigenvalue weighted by Gasteiger charge is -2.27. The van der Waals surface area contributed by atoms with Gasteiger partial charge in [0.15, 0.2) is 9.84 Å². The van der Waals surface area contributed by atoms with Crippen LogP contribution < -0.4 is 5.32 Å². The van der Waals surface area contributed by atoms with Gasteiger partial charge >= 0.3 is 0 Å². The second-order valence-electron chi connectivity index (χ2n) is 4.08. The average molecular weight is 241 g/mol. The molecule has 0 bridgehead atoms. The van der Waals surface area contributed by atoms with Gasteiger partial charge in [0.05, 0.1) is 16.3 Å². The van der Waals surface area contributed by atoms with Crippen molar-refractivity contribution in [2.24, 2.45) is 0 Å². The van der Waals surface area contributed by atoms with Crippen molar-refractivity contribution in [1.82, 2.24) is 0 Å². The predicted molar refractivity (Wildman–Crippen MR) is 62.3 cm³/mol. The van der Waals surface area contributed by atoms with Crippen molar-refractivity contribution in [3.05, 3.63) is 23.8 Å². The lowest BCUT2D eigenvalue weighted by atomic mass is 10.1. The molecule has 0 spiro atoms. The average Bonchev–Trinajstić information content (AvgIpc) is 2.19. The predicted octanol–water partition coefficient (Wildman–Crippen LogP) is 0.945. The topological polar surface area (TPSA) is 66.4 Å². The molecule has 1 heterocycles. The molecule has 88 valence electrons. The molecule has 4 nitrogen and oxygen atoms in total. The van der Waals surface area contributed by atoms with Gasteiger partial charge in [-0.15, -0.1) is 0 Å². The molecule has 0 aliphatic carbocycles. The number of anilines is 1. The summed E-state index contributed by atoms with van der Waals surface area (Å²) in [5.41, 5.74) is 1.61. The van der Waals surface area contributed by atoms with Crippen LogP contribution in [0, 0.1) is 6.92 Å². The van der Waals surface area contributed by atoms with Crippen molar-refractivity contribution in [3.8, 4) is 0 Å². The monoisotopic (exact) mass is 241 g/mol. The minimum atomic E-state index is -3.21. The van der Waals surface area contributed by atoms with Crippen molar-refractivity contribution in [1.29, 1.82) is 0 Å². The van der Waals surface area contributed by atoms with Gasteiger partial charge in [0.25, 0.3) is 0 Å². The molecule has 1 aromatic rings. The number of aliphatic hydroxyl groups excluding tert-OH is 1. The molecular weight excluding hydrogens is 226 g/mol. The fraction of sp³-hybridized carbons (Fsp3) is 0.455. The van der Waals surface area contributed by atoms with Crippen LogP contribution in [0.5, 0.6) is 0 Å². The third kappa shape index (κ3) is 1.92. The summed E-state index contributed by atoms with van der Waals surface area (Å²) in [4.78, 5) is 0.377. The molecule has 0 amide bonds. The minimum Gasteiger partial charge on any atom is -0.396 e. The molecule has 1 atom stereocenters. The van der Waals surface area contributed by atoms with Crippen LogP contribution in [0.4, 0.5) is 5.69 Å². The van der Waals surface area contributed by atoms with Crippen LogP contribution in [0.2, 0.25) is 0 Å². The first kappa shape index (κ1) is 11.4. The number of para-hydroxylation sites is 1. The first-order chi connectivity index (χ1) is 7.54. The molecule has 1 aliphatic heterocycles. The Morgan fingerprint density at radius 1 is 1.50 bits per heavy atom. The summed E-state index contributed by atoms with van der Waals surface area (Å²) in [7, 11) is -3.21. The molecule has 1 aliphatic rings. The van der Waals surface area contributed by atoms with Crippen LogP contribution in [0.25, 0.3) is 0 Å². The van der Waals surface area contributed by atoms with E-state index in [-0.39, 0.29) is 18.4 Å². The summed E-state index contributed by atoms with van der Waals surface area (Å²) in [6.45, 7) is 1.87. The highest BCUT2D eigenvalue weighted by Gasteiger charge is 2.30. The highest BCUT2D eigenvalue weighted by molar-refractivity contribution is 7.91. The highest BCUT2D eigenvalue weighted by atomic mass is 32.2. The van der Waals surface area contributed by atoms with E-state index in [0.717, 1.165) is 5.56 Å². The number of sulfone groups is 1. The number of benzene rings is 1. The van der Waals surface area contributed by atoms with Crippen molar-refractivity contribution in [2.75, 3.05) is 17.7 Å². The van der Waals surface area contributed by atoms with E-state index in [4.69, 9.17) is 5.11 Å². The fourth-order valence-corrected chi connectivity index (χ4v) is 3.77. The molecule has 0 radical (unpaired) electrons. The number of hydrogen-bond donors (Lipinski definition) is 2. The van der Waals surface area contributed by atoms with Gasteiger partial charge in [0.2, 0.25) is 0 Å². The number of nitrogens with one attached hydrogen (secondary N) is 1. The number of fused-ring (bicyclic) bond motifs is 1. The van der Waals surface area contributed by atoms with Gasteiger partial charge in [-0.2, -0.15) is 0 Å². The van der Waals surface area contributed by atoms with Crippen molar-refractivity contribution >= 4 is 15.5 Å². The van der Waals surface area contributed by atoms with Crippen LogP contribution in [0.1, 0.15) is 12.0 Å². The molecule has 1 aromatic carbocycles. The zero-order valence-corrected chi connectivity index (χ0v) is 9.92. The maximum atomic E-state index is 12.0. The molecule has 0 fully saturated rings. The standard InChI is InChI=1S/C11H15NO3S/c1-8-3-2-4-10-11(8)12-9(5-6-13)7-16(10,14)15/h2-4,9,12-13H,5-7H2,1H3. The highest BCUT2D eigenvalue weighted by Crippen LogP contribution is 2.31. The Balaban J connectivity index is 2.48. The number of hydrogen-bond acceptors (Lipinski definition) is 4. The van der Waals surface area contributed by atoms with Gasteiger partial charge < -0.3 is 10.4 Å². The normalized spacial score (nSPS) is 22.2. The van der Waals surface area contributed by atoms with E-state index in [2.05, 4.69) is 5.32 Å². The molecule has 16 heavy (non-hydrogen) atoms. The van der Waals surface area contributed by atoms with E-state index in [1.165, 1.54) is 0 Å². The lowest BCUT2D eigenvalue weighted by Crippen LogP contribution is -2.35. The second-order valence-corrected chi connectivity index (χ2v) is 6.09. The molecule has 0 saturated heterocycles. The summed E-state index contributed by atoms with van der Waals surface area (Å²) < 4.78 is 24.0. The van der Waals surface area contributed by atoms with Crippen molar-refractivity contribution in [2.45, 2.75) is 24.3 Å². The maximum absolute atomic E-state index is 12.0. The van der Waals surface area contributed by atoms with E-state index >= 15 is 0 Å². The zero-order valence-electron chi connectivity index (χ0n) is 9.10. The van der Waals surface area contributed by atoms with Crippen LogP contribution >= 0.6 is 0 Å². The minimum absolute atomic E-state index is 0.00555. The Morgan fingerprint density at radius 3 is 2.94 bits per heavy atom. The van der Waals surface area contributed by atoms with Gasteiger partial charge in [-0.25, -0.2) is 8.42 Å². The van der Waals surface area contributed by atoms with Gasteiger partial charge in [0, 0.05) is 12.6 Å². The third-order valence-corrected chi connectivity index (χ3v) is 4.67.